The van der Waals surface area contributed by atoms with Crippen molar-refractivity contribution in [3.63, 3.8) is 0 Å². The number of rotatable bonds is 1. The maximum absolute atomic E-state index is 5.85. The van der Waals surface area contributed by atoms with Gasteiger partial charge in [0.25, 0.3) is 0 Å². The van der Waals surface area contributed by atoms with Crippen molar-refractivity contribution in [2.24, 2.45) is 0 Å². The van der Waals surface area contributed by atoms with E-state index in [1.807, 2.05) is 17.8 Å². The molecule has 0 unspecified atom stereocenters. The highest BCUT2D eigenvalue weighted by atomic mass is 32.2. The maximum atomic E-state index is 5.85. The summed E-state index contributed by atoms with van der Waals surface area (Å²) in [5, 5.41) is 0. The fourth-order valence-electron chi connectivity index (χ4n) is 2.07. The Balaban J connectivity index is 1.85. The van der Waals surface area contributed by atoms with Gasteiger partial charge in [-0.15, -0.1) is 11.8 Å². The zero-order valence-electron chi connectivity index (χ0n) is 9.11. The third kappa shape index (κ3) is 1.90. The van der Waals surface area contributed by atoms with Gasteiger partial charge in [-0.2, -0.15) is 0 Å². The molecule has 0 aromatic heterocycles. The molecule has 2 aliphatic heterocycles. The minimum Gasteiger partial charge on any atom is -0.489 e. The van der Waals surface area contributed by atoms with Gasteiger partial charge < -0.3 is 4.74 Å². The molecule has 0 saturated carbocycles. The molecule has 0 N–H and O–H groups in total. The number of allylic oxidation sites excluding steroid dienone is 2. The second-order valence-corrected chi connectivity index (χ2v) is 5.17. The number of hydrogen-bond donors (Lipinski definition) is 0. The minimum absolute atomic E-state index is 0.718. The summed E-state index contributed by atoms with van der Waals surface area (Å²) >= 11 is 1.95. The molecule has 0 spiro atoms. The lowest BCUT2D eigenvalue weighted by atomic mass is 10.1. The highest BCUT2D eigenvalue weighted by Gasteiger charge is 2.14. The molecule has 2 heterocycles. The third-order valence-electron chi connectivity index (χ3n) is 2.95. The molecule has 1 aromatic rings. The molecule has 0 bridgehead atoms. The highest BCUT2D eigenvalue weighted by Crippen LogP contribution is 2.33. The lowest BCUT2D eigenvalue weighted by Crippen LogP contribution is -2.00. The van der Waals surface area contributed by atoms with Crippen LogP contribution in [0.25, 0.3) is 0 Å². The fourth-order valence-corrected chi connectivity index (χ4v) is 3.09. The zero-order valence-corrected chi connectivity index (χ0v) is 9.93. The predicted octanol–water partition coefficient (Wildman–Crippen LogP) is 3.57. The zero-order chi connectivity index (χ0) is 10.8. The van der Waals surface area contributed by atoms with Crippen molar-refractivity contribution in [3.8, 4) is 5.75 Å². The van der Waals surface area contributed by atoms with Crippen LogP contribution < -0.4 is 4.74 Å². The van der Waals surface area contributed by atoms with E-state index >= 15 is 0 Å². The molecule has 1 aromatic carbocycles. The summed E-state index contributed by atoms with van der Waals surface area (Å²) < 4.78 is 5.85. The standard InChI is InChI=1S/C14H14OS/c1-2-5-13-11(4-1)7-8-12(10-15-13)14-6-3-9-16-14/h1-2,4-6,8H,3,7,9-10H2. The molecular weight excluding hydrogens is 216 g/mol. The van der Waals surface area contributed by atoms with Gasteiger partial charge in [0.1, 0.15) is 12.4 Å². The molecule has 0 fully saturated rings. The number of para-hydroxylation sites is 1. The Morgan fingerprint density at radius 2 is 2.06 bits per heavy atom. The molecule has 0 aliphatic carbocycles. The Labute approximate surface area is 100 Å². The molecule has 16 heavy (non-hydrogen) atoms. The highest BCUT2D eigenvalue weighted by molar-refractivity contribution is 8.03. The van der Waals surface area contributed by atoms with E-state index in [1.165, 1.54) is 28.2 Å². The van der Waals surface area contributed by atoms with Crippen LogP contribution in [-0.4, -0.2) is 12.4 Å². The second-order valence-electron chi connectivity index (χ2n) is 4.04. The van der Waals surface area contributed by atoms with E-state index in [0.29, 0.717) is 0 Å². The SMILES string of the molecule is C1=C(C2=CCCS2)COc2ccccc2C1. The molecular formula is C14H14OS. The Morgan fingerprint density at radius 1 is 1.12 bits per heavy atom. The Bertz CT molecular complexity index is 460. The van der Waals surface area contributed by atoms with E-state index in [4.69, 9.17) is 4.74 Å². The van der Waals surface area contributed by atoms with Crippen molar-refractivity contribution < 1.29 is 4.74 Å². The maximum Gasteiger partial charge on any atom is 0.123 e. The first-order valence-electron chi connectivity index (χ1n) is 5.66. The topological polar surface area (TPSA) is 9.23 Å². The lowest BCUT2D eigenvalue weighted by molar-refractivity contribution is 0.355. The minimum atomic E-state index is 0.718. The van der Waals surface area contributed by atoms with Gasteiger partial charge in [0.15, 0.2) is 0 Å². The fraction of sp³-hybridized carbons (Fsp3) is 0.286. The average molecular weight is 230 g/mol. The average Bonchev–Trinajstić information content (AvgIpc) is 2.76. The summed E-state index contributed by atoms with van der Waals surface area (Å²) in [7, 11) is 0. The van der Waals surface area contributed by atoms with E-state index in [1.54, 1.807) is 0 Å². The second kappa shape index (κ2) is 4.38. The van der Waals surface area contributed by atoms with Crippen molar-refractivity contribution in [1.82, 2.24) is 0 Å². The summed E-state index contributed by atoms with van der Waals surface area (Å²) in [6.07, 6.45) is 6.83. The molecule has 3 rings (SSSR count). The number of benzene rings is 1. The molecule has 0 radical (unpaired) electrons. The molecule has 2 aliphatic rings. The van der Waals surface area contributed by atoms with Crippen molar-refractivity contribution in [2.75, 3.05) is 12.4 Å². The summed E-state index contributed by atoms with van der Waals surface area (Å²) in [6.45, 7) is 0.718. The van der Waals surface area contributed by atoms with Crippen molar-refractivity contribution in [1.29, 1.82) is 0 Å². The van der Waals surface area contributed by atoms with Gasteiger partial charge in [0.2, 0.25) is 0 Å². The Kier molecular flexibility index (Phi) is 2.75. The van der Waals surface area contributed by atoms with Crippen LogP contribution in [0.3, 0.4) is 0 Å². The van der Waals surface area contributed by atoms with E-state index in [2.05, 4.69) is 30.4 Å². The van der Waals surface area contributed by atoms with E-state index in [9.17, 15) is 0 Å². The first kappa shape index (κ1) is 10.0. The van der Waals surface area contributed by atoms with Gasteiger partial charge in [0, 0.05) is 10.7 Å². The van der Waals surface area contributed by atoms with Crippen LogP contribution in [0.2, 0.25) is 0 Å². The molecule has 0 amide bonds. The van der Waals surface area contributed by atoms with Crippen LogP contribution in [-0.2, 0) is 6.42 Å². The van der Waals surface area contributed by atoms with Gasteiger partial charge >= 0.3 is 0 Å². The summed E-state index contributed by atoms with van der Waals surface area (Å²) in [4.78, 5) is 1.42. The van der Waals surface area contributed by atoms with Crippen molar-refractivity contribution in [2.45, 2.75) is 12.8 Å². The van der Waals surface area contributed by atoms with Gasteiger partial charge in [0.05, 0.1) is 0 Å². The first-order chi connectivity index (χ1) is 7.93. The van der Waals surface area contributed by atoms with Gasteiger partial charge in [-0.3, -0.25) is 0 Å². The van der Waals surface area contributed by atoms with Crippen LogP contribution >= 0.6 is 11.8 Å². The normalized spacial score (nSPS) is 19.2. The third-order valence-corrected chi connectivity index (χ3v) is 4.13. The lowest BCUT2D eigenvalue weighted by Gasteiger charge is -2.08. The number of thioether (sulfide) groups is 1. The first-order valence-corrected chi connectivity index (χ1v) is 6.65. The van der Waals surface area contributed by atoms with Crippen LogP contribution in [0.1, 0.15) is 12.0 Å². The van der Waals surface area contributed by atoms with Gasteiger partial charge in [-0.1, -0.05) is 30.4 Å². The van der Waals surface area contributed by atoms with Gasteiger partial charge in [-0.05, 0) is 30.0 Å². The van der Waals surface area contributed by atoms with E-state index in [-0.39, 0.29) is 0 Å². The van der Waals surface area contributed by atoms with Crippen LogP contribution in [0, 0.1) is 0 Å². The quantitative estimate of drug-likeness (QED) is 0.729. The molecule has 82 valence electrons. The Morgan fingerprint density at radius 3 is 2.94 bits per heavy atom. The van der Waals surface area contributed by atoms with Crippen molar-refractivity contribution >= 4 is 11.8 Å². The molecule has 0 atom stereocenters. The monoisotopic (exact) mass is 230 g/mol. The smallest absolute Gasteiger partial charge is 0.123 e. The number of fused-ring (bicyclic) bond motifs is 1. The van der Waals surface area contributed by atoms with Crippen LogP contribution in [0.5, 0.6) is 5.75 Å². The summed E-state index contributed by atoms with van der Waals surface area (Å²) in [5.41, 5.74) is 2.65. The van der Waals surface area contributed by atoms with E-state index < -0.39 is 0 Å². The van der Waals surface area contributed by atoms with Crippen LogP contribution in [0.4, 0.5) is 0 Å². The van der Waals surface area contributed by atoms with Crippen molar-refractivity contribution in [3.05, 3.63) is 52.5 Å². The largest absolute Gasteiger partial charge is 0.489 e. The van der Waals surface area contributed by atoms with Crippen LogP contribution in [0.15, 0.2) is 46.9 Å². The summed E-state index contributed by atoms with van der Waals surface area (Å²) in [6, 6.07) is 8.31. The summed E-state index contributed by atoms with van der Waals surface area (Å²) in [5.74, 6) is 2.26. The number of ether oxygens (including phenoxy) is 1. The van der Waals surface area contributed by atoms with E-state index in [0.717, 1.165) is 18.8 Å². The predicted molar refractivity (Wildman–Crippen MR) is 68.9 cm³/mol. The molecule has 1 nitrogen and oxygen atoms in total. The van der Waals surface area contributed by atoms with Gasteiger partial charge in [-0.25, -0.2) is 0 Å². The Hall–Kier alpha value is -1.15. The molecule has 2 heteroatoms. The number of hydrogen-bond acceptors (Lipinski definition) is 2. The molecule has 0 saturated heterocycles.